The molecule has 21 heavy (non-hydrogen) atoms. The summed E-state index contributed by atoms with van der Waals surface area (Å²) in [6.45, 7) is 6.14. The molecule has 0 N–H and O–H groups in total. The van der Waals surface area contributed by atoms with Crippen LogP contribution in [0, 0.1) is 13.8 Å². The lowest BCUT2D eigenvalue weighted by Crippen LogP contribution is -2.03. The van der Waals surface area contributed by atoms with Gasteiger partial charge in [0.1, 0.15) is 5.82 Å². The summed E-state index contributed by atoms with van der Waals surface area (Å²) in [5.41, 5.74) is 5.58. The number of benzene rings is 2. The molecule has 0 radical (unpaired) electrons. The molecule has 2 nitrogen and oxygen atoms in total. The molecule has 4 heteroatoms. The summed E-state index contributed by atoms with van der Waals surface area (Å²) in [5, 5.41) is -0.156. The molecule has 0 fully saturated rings. The van der Waals surface area contributed by atoms with Gasteiger partial charge in [-0.15, -0.1) is 11.6 Å². The van der Waals surface area contributed by atoms with Crippen LogP contribution in [0.25, 0.3) is 16.7 Å². The van der Waals surface area contributed by atoms with Gasteiger partial charge in [0, 0.05) is 10.2 Å². The maximum Gasteiger partial charge on any atom is 0.132 e. The number of imidazole rings is 1. The van der Waals surface area contributed by atoms with Crippen molar-refractivity contribution in [1.82, 2.24) is 9.55 Å². The number of hydrogen-bond acceptors (Lipinski definition) is 1. The second-order valence-corrected chi connectivity index (χ2v) is 6.81. The van der Waals surface area contributed by atoms with E-state index in [4.69, 9.17) is 16.6 Å². The lowest BCUT2D eigenvalue weighted by molar-refractivity contribution is 0.880. The van der Waals surface area contributed by atoms with E-state index in [0.717, 1.165) is 27.0 Å². The number of rotatable bonds is 2. The summed E-state index contributed by atoms with van der Waals surface area (Å²) in [5.74, 6) is 0.872. The minimum absolute atomic E-state index is 0.156. The van der Waals surface area contributed by atoms with E-state index in [0.29, 0.717) is 0 Å². The van der Waals surface area contributed by atoms with Gasteiger partial charge in [0.05, 0.1) is 16.4 Å². The molecule has 108 valence electrons. The number of aromatic nitrogens is 2. The molecule has 0 bridgehead atoms. The van der Waals surface area contributed by atoms with Gasteiger partial charge in [0.15, 0.2) is 0 Å². The standard InChI is InChI=1S/C17H16BrClN2/c1-10-7-8-13(9-14(10)18)21-16-11(2)5-4-6-15(16)20-17(21)12(3)19/h4-9,12H,1-3H3. The lowest BCUT2D eigenvalue weighted by Gasteiger charge is -2.13. The molecule has 0 spiro atoms. The topological polar surface area (TPSA) is 17.8 Å². The number of hydrogen-bond donors (Lipinski definition) is 0. The van der Waals surface area contributed by atoms with Crippen LogP contribution < -0.4 is 0 Å². The predicted octanol–water partition coefficient (Wildman–Crippen LogP) is 5.70. The zero-order valence-electron chi connectivity index (χ0n) is 12.2. The van der Waals surface area contributed by atoms with Gasteiger partial charge in [-0.3, -0.25) is 4.57 Å². The molecule has 0 amide bonds. The van der Waals surface area contributed by atoms with Crippen molar-refractivity contribution in [2.45, 2.75) is 26.1 Å². The summed E-state index contributed by atoms with van der Waals surface area (Å²) < 4.78 is 3.25. The van der Waals surface area contributed by atoms with Crippen LogP contribution >= 0.6 is 27.5 Å². The summed E-state index contributed by atoms with van der Waals surface area (Å²) >= 11 is 9.97. The van der Waals surface area contributed by atoms with E-state index in [2.05, 4.69) is 58.6 Å². The van der Waals surface area contributed by atoms with E-state index in [9.17, 15) is 0 Å². The highest BCUT2D eigenvalue weighted by atomic mass is 79.9. The van der Waals surface area contributed by atoms with Crippen LogP contribution in [0.2, 0.25) is 0 Å². The highest BCUT2D eigenvalue weighted by Gasteiger charge is 2.17. The molecule has 1 atom stereocenters. The molecular weight excluding hydrogens is 348 g/mol. The highest BCUT2D eigenvalue weighted by Crippen LogP contribution is 2.31. The molecule has 3 rings (SSSR count). The molecular formula is C17H16BrClN2. The SMILES string of the molecule is Cc1ccc(-n2c(C(C)Cl)nc3cccc(C)c32)cc1Br. The zero-order chi connectivity index (χ0) is 15.1. The molecule has 3 aromatic rings. The Balaban J connectivity index is 2.38. The van der Waals surface area contributed by atoms with E-state index in [1.54, 1.807) is 0 Å². The number of aryl methyl sites for hydroxylation is 2. The lowest BCUT2D eigenvalue weighted by atomic mass is 10.2. The van der Waals surface area contributed by atoms with E-state index in [-0.39, 0.29) is 5.38 Å². The molecule has 0 aliphatic rings. The van der Waals surface area contributed by atoms with Gasteiger partial charge in [-0.05, 0) is 50.1 Å². The van der Waals surface area contributed by atoms with Gasteiger partial charge < -0.3 is 0 Å². The fraction of sp³-hybridized carbons (Fsp3) is 0.235. The van der Waals surface area contributed by atoms with Gasteiger partial charge in [0.2, 0.25) is 0 Å². The van der Waals surface area contributed by atoms with Crippen LogP contribution in [0.5, 0.6) is 0 Å². The Labute approximate surface area is 137 Å². The van der Waals surface area contributed by atoms with Crippen molar-refractivity contribution in [1.29, 1.82) is 0 Å². The minimum Gasteiger partial charge on any atom is -0.295 e. The van der Waals surface area contributed by atoms with Gasteiger partial charge in [-0.25, -0.2) is 4.98 Å². The molecule has 0 aliphatic carbocycles. The summed E-state index contributed by atoms with van der Waals surface area (Å²) in [4.78, 5) is 4.72. The van der Waals surface area contributed by atoms with Crippen LogP contribution in [0.3, 0.4) is 0 Å². The molecule has 0 saturated carbocycles. The summed E-state index contributed by atoms with van der Waals surface area (Å²) in [6, 6.07) is 12.5. The van der Waals surface area contributed by atoms with Crippen LogP contribution in [-0.2, 0) is 0 Å². The maximum atomic E-state index is 6.36. The molecule has 0 saturated heterocycles. The monoisotopic (exact) mass is 362 g/mol. The van der Waals surface area contributed by atoms with Crippen LogP contribution in [0.15, 0.2) is 40.9 Å². The first-order valence-electron chi connectivity index (χ1n) is 6.87. The van der Waals surface area contributed by atoms with Gasteiger partial charge in [-0.2, -0.15) is 0 Å². The normalized spacial score (nSPS) is 12.8. The second kappa shape index (κ2) is 5.47. The van der Waals surface area contributed by atoms with Crippen LogP contribution in [0.4, 0.5) is 0 Å². The van der Waals surface area contributed by atoms with Gasteiger partial charge >= 0.3 is 0 Å². The van der Waals surface area contributed by atoms with Gasteiger partial charge in [-0.1, -0.05) is 34.1 Å². The third-order valence-corrected chi connectivity index (χ3v) is 4.72. The molecule has 1 unspecified atom stereocenters. The number of nitrogens with zero attached hydrogens (tertiary/aromatic N) is 2. The quantitative estimate of drug-likeness (QED) is 0.534. The highest BCUT2D eigenvalue weighted by molar-refractivity contribution is 9.10. The summed E-state index contributed by atoms with van der Waals surface area (Å²) in [7, 11) is 0. The van der Waals surface area contributed by atoms with Crippen LogP contribution in [0.1, 0.15) is 29.3 Å². The predicted molar refractivity (Wildman–Crippen MR) is 92.5 cm³/mol. The molecule has 0 aliphatic heterocycles. The van der Waals surface area contributed by atoms with Crippen molar-refractivity contribution >= 4 is 38.6 Å². The van der Waals surface area contributed by atoms with E-state index < -0.39 is 0 Å². The first-order chi connectivity index (χ1) is 9.99. The van der Waals surface area contributed by atoms with Crippen molar-refractivity contribution in [3.05, 3.63) is 57.8 Å². The summed E-state index contributed by atoms with van der Waals surface area (Å²) in [6.07, 6.45) is 0. The average Bonchev–Trinajstić information content (AvgIpc) is 2.83. The van der Waals surface area contributed by atoms with Crippen LogP contribution in [-0.4, -0.2) is 9.55 Å². The number of halogens is 2. The van der Waals surface area contributed by atoms with Crippen molar-refractivity contribution in [3.63, 3.8) is 0 Å². The zero-order valence-corrected chi connectivity index (χ0v) is 14.5. The van der Waals surface area contributed by atoms with E-state index >= 15 is 0 Å². The Morgan fingerprint density at radius 1 is 1.14 bits per heavy atom. The average molecular weight is 364 g/mol. The molecule has 1 aromatic heterocycles. The largest absolute Gasteiger partial charge is 0.295 e. The van der Waals surface area contributed by atoms with Crippen molar-refractivity contribution in [2.24, 2.45) is 0 Å². The Hall–Kier alpha value is -1.32. The van der Waals surface area contributed by atoms with Crippen molar-refractivity contribution < 1.29 is 0 Å². The Morgan fingerprint density at radius 3 is 2.57 bits per heavy atom. The fourth-order valence-corrected chi connectivity index (χ4v) is 3.07. The fourth-order valence-electron chi connectivity index (χ4n) is 2.56. The van der Waals surface area contributed by atoms with Crippen molar-refractivity contribution in [3.8, 4) is 5.69 Å². The number of fused-ring (bicyclic) bond motifs is 1. The minimum atomic E-state index is -0.156. The molecule has 1 heterocycles. The smallest absolute Gasteiger partial charge is 0.132 e. The molecule has 2 aromatic carbocycles. The third kappa shape index (κ3) is 2.49. The van der Waals surface area contributed by atoms with Crippen molar-refractivity contribution in [2.75, 3.05) is 0 Å². The Bertz CT molecular complexity index is 821. The second-order valence-electron chi connectivity index (χ2n) is 5.30. The van der Waals surface area contributed by atoms with Gasteiger partial charge in [0.25, 0.3) is 0 Å². The maximum absolute atomic E-state index is 6.36. The first kappa shape index (κ1) is 14.6. The third-order valence-electron chi connectivity index (χ3n) is 3.67. The number of alkyl halides is 1. The van der Waals surface area contributed by atoms with E-state index in [1.165, 1.54) is 11.1 Å². The first-order valence-corrected chi connectivity index (χ1v) is 8.10. The number of para-hydroxylation sites is 1. The van der Waals surface area contributed by atoms with E-state index in [1.807, 2.05) is 19.1 Å². The Kier molecular flexibility index (Phi) is 3.80. The Morgan fingerprint density at radius 2 is 1.90 bits per heavy atom.